The summed E-state index contributed by atoms with van der Waals surface area (Å²) >= 11 is 0. The minimum absolute atomic E-state index is 0.106. The van der Waals surface area contributed by atoms with E-state index >= 15 is 0 Å². The number of sulfonamides is 1. The van der Waals surface area contributed by atoms with Gasteiger partial charge in [-0.1, -0.05) is 37.3 Å². The van der Waals surface area contributed by atoms with Gasteiger partial charge in [-0.25, -0.2) is 8.42 Å². The molecule has 2 rings (SSSR count). The third kappa shape index (κ3) is 6.83. The lowest BCUT2D eigenvalue weighted by molar-refractivity contribution is -0.137. The summed E-state index contributed by atoms with van der Waals surface area (Å²) < 4.78 is 39.1. The van der Waals surface area contributed by atoms with Crippen molar-refractivity contribution in [3.05, 3.63) is 72.3 Å². The maximum absolute atomic E-state index is 13.7. The number of aliphatic carboxylic acids is 1. The third-order valence-corrected chi connectivity index (χ3v) is 7.70. The van der Waals surface area contributed by atoms with E-state index in [4.69, 9.17) is 9.47 Å². The van der Waals surface area contributed by atoms with Crippen LogP contribution < -0.4 is 9.47 Å². The van der Waals surface area contributed by atoms with Crippen molar-refractivity contribution in [1.29, 1.82) is 0 Å². The molecular formula is C24H31NO6S. The fraction of sp³-hybridized carbons (Fsp3) is 0.375. The Labute approximate surface area is 190 Å². The molecule has 0 heterocycles. The van der Waals surface area contributed by atoms with Crippen LogP contribution in [0.15, 0.2) is 61.2 Å². The molecule has 0 aromatic heterocycles. The van der Waals surface area contributed by atoms with E-state index in [1.165, 1.54) is 4.31 Å². The van der Waals surface area contributed by atoms with Crippen LogP contribution in [-0.4, -0.2) is 43.3 Å². The van der Waals surface area contributed by atoms with Gasteiger partial charge in [-0.3, -0.25) is 4.79 Å². The molecule has 0 aliphatic rings. The van der Waals surface area contributed by atoms with Crippen LogP contribution in [-0.2, 0) is 27.9 Å². The molecule has 0 aliphatic carbocycles. The number of hydrogen-bond acceptors (Lipinski definition) is 5. The Balaban J connectivity index is 2.43. The average molecular weight is 462 g/mol. The molecule has 7 nitrogen and oxygen atoms in total. The monoisotopic (exact) mass is 461 g/mol. The minimum atomic E-state index is -3.97. The number of benzene rings is 2. The topological polar surface area (TPSA) is 93.1 Å². The van der Waals surface area contributed by atoms with Crippen molar-refractivity contribution < 1.29 is 27.8 Å². The number of rotatable bonds is 13. The molecule has 2 atom stereocenters. The second-order valence-corrected chi connectivity index (χ2v) is 9.80. The Morgan fingerprint density at radius 3 is 1.78 bits per heavy atom. The Kier molecular flexibility index (Phi) is 9.28. The highest BCUT2D eigenvalue weighted by Crippen LogP contribution is 2.27. The molecule has 0 amide bonds. The van der Waals surface area contributed by atoms with E-state index in [2.05, 4.69) is 6.58 Å². The van der Waals surface area contributed by atoms with Crippen molar-refractivity contribution >= 4 is 16.0 Å². The van der Waals surface area contributed by atoms with Crippen LogP contribution in [0.25, 0.3) is 0 Å². The van der Waals surface area contributed by atoms with Crippen molar-refractivity contribution in [3.63, 3.8) is 0 Å². The van der Waals surface area contributed by atoms with Gasteiger partial charge in [0.25, 0.3) is 0 Å². The molecule has 0 aliphatic heterocycles. The molecule has 8 heteroatoms. The Hall–Kier alpha value is -2.84. The number of carboxylic acid groups (broad SMARTS) is 1. The van der Waals surface area contributed by atoms with E-state index in [0.29, 0.717) is 17.9 Å². The van der Waals surface area contributed by atoms with E-state index in [-0.39, 0.29) is 13.1 Å². The molecule has 32 heavy (non-hydrogen) atoms. The van der Waals surface area contributed by atoms with Crippen molar-refractivity contribution in [2.45, 2.75) is 38.1 Å². The highest BCUT2D eigenvalue weighted by atomic mass is 32.2. The molecular weight excluding hydrogens is 430 g/mol. The summed E-state index contributed by atoms with van der Waals surface area (Å²) in [4.78, 5) is 11.5. The van der Waals surface area contributed by atoms with Gasteiger partial charge in [-0.15, -0.1) is 6.58 Å². The summed E-state index contributed by atoms with van der Waals surface area (Å²) in [5.74, 6) is -0.213. The predicted molar refractivity (Wildman–Crippen MR) is 124 cm³/mol. The molecule has 0 bridgehead atoms. The number of ether oxygens (including phenoxy) is 2. The van der Waals surface area contributed by atoms with Gasteiger partial charge in [0.05, 0.1) is 25.9 Å². The van der Waals surface area contributed by atoms with Gasteiger partial charge in [0.2, 0.25) is 10.0 Å². The number of allylic oxidation sites excluding steroid dienone is 1. The van der Waals surface area contributed by atoms with Crippen LogP contribution in [0.2, 0.25) is 0 Å². The standard InChI is InChI=1S/C24H31NO6S/c1-5-6-18(2)23(15-24(26)27)32(28,29)25(16-19-7-11-21(30-3)12-8-19)17-20-9-13-22(31-4)14-10-20/h5,7-14,18,23H,1,6,15-17H2,2-4H3,(H,26,27)/t18-,23-/m0/s1. The smallest absolute Gasteiger partial charge is 0.304 e. The van der Waals surface area contributed by atoms with Gasteiger partial charge in [0, 0.05) is 13.1 Å². The van der Waals surface area contributed by atoms with Gasteiger partial charge >= 0.3 is 5.97 Å². The number of hydrogen-bond donors (Lipinski definition) is 1. The molecule has 2 aromatic carbocycles. The second kappa shape index (κ2) is 11.7. The van der Waals surface area contributed by atoms with Crippen LogP contribution in [0, 0.1) is 5.92 Å². The maximum Gasteiger partial charge on any atom is 0.304 e. The predicted octanol–water partition coefficient (Wildman–Crippen LogP) is 4.09. The van der Waals surface area contributed by atoms with Crippen LogP contribution in [0.3, 0.4) is 0 Å². The Bertz CT molecular complexity index is 937. The lowest BCUT2D eigenvalue weighted by atomic mass is 10.0. The van der Waals surface area contributed by atoms with E-state index < -0.39 is 33.6 Å². The molecule has 174 valence electrons. The van der Waals surface area contributed by atoms with Crippen molar-refractivity contribution in [2.75, 3.05) is 14.2 Å². The molecule has 0 radical (unpaired) electrons. The van der Waals surface area contributed by atoms with Gasteiger partial charge < -0.3 is 14.6 Å². The van der Waals surface area contributed by atoms with Gasteiger partial charge in [0.15, 0.2) is 0 Å². The highest BCUT2D eigenvalue weighted by Gasteiger charge is 2.37. The van der Waals surface area contributed by atoms with Crippen molar-refractivity contribution in [1.82, 2.24) is 4.31 Å². The third-order valence-electron chi connectivity index (χ3n) is 5.33. The molecule has 2 aromatic rings. The summed E-state index contributed by atoms with van der Waals surface area (Å²) in [6, 6.07) is 14.3. The summed E-state index contributed by atoms with van der Waals surface area (Å²) in [6.07, 6.45) is 1.54. The van der Waals surface area contributed by atoms with Gasteiger partial charge in [0.1, 0.15) is 11.5 Å². The van der Waals surface area contributed by atoms with E-state index in [1.54, 1.807) is 75.8 Å². The summed E-state index contributed by atoms with van der Waals surface area (Å²) in [5.41, 5.74) is 1.54. The van der Waals surface area contributed by atoms with E-state index in [1.807, 2.05) is 0 Å². The largest absolute Gasteiger partial charge is 0.497 e. The van der Waals surface area contributed by atoms with E-state index in [0.717, 1.165) is 11.1 Å². The zero-order valence-electron chi connectivity index (χ0n) is 18.7. The van der Waals surface area contributed by atoms with Crippen molar-refractivity contribution in [2.24, 2.45) is 5.92 Å². The van der Waals surface area contributed by atoms with Crippen molar-refractivity contribution in [3.8, 4) is 11.5 Å². The van der Waals surface area contributed by atoms with Crippen LogP contribution in [0.1, 0.15) is 30.9 Å². The molecule has 0 unspecified atom stereocenters. The second-order valence-electron chi connectivity index (χ2n) is 7.65. The first-order chi connectivity index (χ1) is 15.2. The zero-order chi connectivity index (χ0) is 23.7. The first kappa shape index (κ1) is 25.4. The number of nitrogens with zero attached hydrogens (tertiary/aromatic N) is 1. The Morgan fingerprint density at radius 1 is 1.00 bits per heavy atom. The fourth-order valence-corrected chi connectivity index (χ4v) is 5.58. The fourth-order valence-electron chi connectivity index (χ4n) is 3.48. The summed E-state index contributed by atoms with van der Waals surface area (Å²) in [6.45, 7) is 5.63. The molecule has 0 saturated heterocycles. The quantitative estimate of drug-likeness (QED) is 0.452. The van der Waals surface area contributed by atoms with Gasteiger partial charge in [-0.2, -0.15) is 4.31 Å². The lowest BCUT2D eigenvalue weighted by Crippen LogP contribution is -2.42. The highest BCUT2D eigenvalue weighted by molar-refractivity contribution is 7.89. The average Bonchev–Trinajstić information content (AvgIpc) is 2.78. The minimum Gasteiger partial charge on any atom is -0.497 e. The zero-order valence-corrected chi connectivity index (χ0v) is 19.5. The number of carbonyl (C=O) groups is 1. The SMILES string of the molecule is C=CC[C@H](C)[C@H](CC(=O)O)S(=O)(=O)N(Cc1ccc(OC)cc1)Cc1ccc(OC)cc1. The first-order valence-corrected chi connectivity index (χ1v) is 11.8. The lowest BCUT2D eigenvalue weighted by Gasteiger charge is -2.30. The molecule has 0 spiro atoms. The normalized spacial score (nSPS) is 13.4. The number of carboxylic acids is 1. The van der Waals surface area contributed by atoms with Gasteiger partial charge in [-0.05, 0) is 47.7 Å². The van der Waals surface area contributed by atoms with E-state index in [9.17, 15) is 18.3 Å². The first-order valence-electron chi connectivity index (χ1n) is 10.3. The van der Waals surface area contributed by atoms with Crippen LogP contribution in [0.5, 0.6) is 11.5 Å². The molecule has 0 saturated carbocycles. The summed E-state index contributed by atoms with van der Waals surface area (Å²) in [7, 11) is -0.840. The molecule has 1 N–H and O–H groups in total. The summed E-state index contributed by atoms with van der Waals surface area (Å²) in [5, 5.41) is 8.33. The van der Waals surface area contributed by atoms with Crippen LogP contribution >= 0.6 is 0 Å². The number of methoxy groups -OCH3 is 2. The van der Waals surface area contributed by atoms with Crippen LogP contribution in [0.4, 0.5) is 0 Å². The maximum atomic E-state index is 13.7. The molecule has 0 fully saturated rings. The Morgan fingerprint density at radius 2 is 1.44 bits per heavy atom.